The van der Waals surface area contributed by atoms with E-state index in [4.69, 9.17) is 10.5 Å². The highest BCUT2D eigenvalue weighted by Gasteiger charge is 2.12. The molecule has 0 aliphatic heterocycles. The maximum atomic E-state index is 13.8. The van der Waals surface area contributed by atoms with Crippen LogP contribution in [0.2, 0.25) is 0 Å². The highest BCUT2D eigenvalue weighted by atomic mass is 19.1. The largest absolute Gasteiger partial charge is 0.452 e. The van der Waals surface area contributed by atoms with E-state index in [9.17, 15) is 4.39 Å². The predicted octanol–water partition coefficient (Wildman–Crippen LogP) is 3.34. The van der Waals surface area contributed by atoms with Gasteiger partial charge < -0.3 is 10.5 Å². The summed E-state index contributed by atoms with van der Waals surface area (Å²) in [5, 5.41) is 0. The van der Waals surface area contributed by atoms with Crippen LogP contribution in [0, 0.1) is 12.7 Å². The van der Waals surface area contributed by atoms with Crippen LogP contribution >= 0.6 is 0 Å². The second-order valence-corrected chi connectivity index (χ2v) is 4.29. The standard InChI is InChI=1S/C15H17FN2O/c1-3-13-14(8-7-10(2)18-13)19-15-11(9-17)5-4-6-12(15)16/h4-8H,3,9,17H2,1-2H3. The molecule has 0 saturated carbocycles. The lowest BCUT2D eigenvalue weighted by Gasteiger charge is -2.13. The van der Waals surface area contributed by atoms with Crippen LogP contribution in [-0.4, -0.2) is 4.98 Å². The molecule has 1 heterocycles. The van der Waals surface area contributed by atoms with Crippen molar-refractivity contribution in [2.75, 3.05) is 0 Å². The summed E-state index contributed by atoms with van der Waals surface area (Å²) in [4.78, 5) is 4.39. The number of nitrogens with zero attached hydrogens (tertiary/aromatic N) is 1. The molecule has 0 spiro atoms. The molecule has 19 heavy (non-hydrogen) atoms. The normalized spacial score (nSPS) is 10.5. The number of aryl methyl sites for hydroxylation is 2. The number of rotatable bonds is 4. The van der Waals surface area contributed by atoms with Crippen molar-refractivity contribution in [3.63, 3.8) is 0 Å². The van der Waals surface area contributed by atoms with Crippen molar-refractivity contribution in [1.82, 2.24) is 4.98 Å². The van der Waals surface area contributed by atoms with E-state index in [1.807, 2.05) is 26.0 Å². The molecule has 0 atom stereocenters. The lowest BCUT2D eigenvalue weighted by Crippen LogP contribution is -2.03. The summed E-state index contributed by atoms with van der Waals surface area (Å²) in [6.07, 6.45) is 0.726. The molecule has 0 unspecified atom stereocenters. The molecule has 2 rings (SSSR count). The number of benzene rings is 1. The van der Waals surface area contributed by atoms with Crippen molar-refractivity contribution in [3.8, 4) is 11.5 Å². The molecular weight excluding hydrogens is 243 g/mol. The molecule has 0 aliphatic rings. The van der Waals surface area contributed by atoms with Gasteiger partial charge >= 0.3 is 0 Å². The summed E-state index contributed by atoms with van der Waals surface area (Å²) in [5.41, 5.74) is 7.97. The number of aromatic nitrogens is 1. The zero-order valence-electron chi connectivity index (χ0n) is 11.1. The van der Waals surface area contributed by atoms with Crippen LogP contribution < -0.4 is 10.5 Å². The Labute approximate surface area is 112 Å². The van der Waals surface area contributed by atoms with Crippen molar-refractivity contribution in [1.29, 1.82) is 0 Å². The summed E-state index contributed by atoms with van der Waals surface area (Å²) in [6.45, 7) is 4.13. The number of nitrogens with two attached hydrogens (primary N) is 1. The first-order valence-electron chi connectivity index (χ1n) is 6.27. The van der Waals surface area contributed by atoms with Gasteiger partial charge in [0.25, 0.3) is 0 Å². The van der Waals surface area contributed by atoms with Gasteiger partial charge in [-0.3, -0.25) is 4.98 Å². The van der Waals surface area contributed by atoms with Crippen molar-refractivity contribution in [2.24, 2.45) is 5.73 Å². The van der Waals surface area contributed by atoms with E-state index < -0.39 is 5.82 Å². The molecular formula is C15H17FN2O. The summed E-state index contributed by atoms with van der Waals surface area (Å²) >= 11 is 0. The van der Waals surface area contributed by atoms with Crippen LogP contribution in [0.1, 0.15) is 23.9 Å². The fraction of sp³-hybridized carbons (Fsp3) is 0.267. The monoisotopic (exact) mass is 260 g/mol. The van der Waals surface area contributed by atoms with Gasteiger partial charge in [0.2, 0.25) is 0 Å². The maximum Gasteiger partial charge on any atom is 0.167 e. The zero-order chi connectivity index (χ0) is 13.8. The Balaban J connectivity index is 2.41. The first-order chi connectivity index (χ1) is 9.15. The first-order valence-corrected chi connectivity index (χ1v) is 6.27. The van der Waals surface area contributed by atoms with Crippen LogP contribution in [0.4, 0.5) is 4.39 Å². The highest BCUT2D eigenvalue weighted by Crippen LogP contribution is 2.30. The Kier molecular flexibility index (Phi) is 4.12. The smallest absolute Gasteiger partial charge is 0.167 e. The molecule has 2 N–H and O–H groups in total. The van der Waals surface area contributed by atoms with Crippen LogP contribution in [-0.2, 0) is 13.0 Å². The molecule has 0 radical (unpaired) electrons. The van der Waals surface area contributed by atoms with Crippen molar-refractivity contribution >= 4 is 0 Å². The van der Waals surface area contributed by atoms with Gasteiger partial charge in [-0.2, -0.15) is 0 Å². The number of ether oxygens (including phenoxy) is 1. The minimum absolute atomic E-state index is 0.186. The van der Waals surface area contributed by atoms with Gasteiger partial charge in [-0.15, -0.1) is 0 Å². The van der Waals surface area contributed by atoms with E-state index >= 15 is 0 Å². The number of para-hydroxylation sites is 1. The topological polar surface area (TPSA) is 48.1 Å². The maximum absolute atomic E-state index is 13.8. The molecule has 0 bridgehead atoms. The molecule has 3 nitrogen and oxygen atoms in total. The minimum atomic E-state index is -0.412. The Morgan fingerprint density at radius 3 is 2.74 bits per heavy atom. The molecule has 2 aromatic rings. The number of hydrogen-bond acceptors (Lipinski definition) is 3. The van der Waals surface area contributed by atoms with Crippen LogP contribution in [0.15, 0.2) is 30.3 Å². The lowest BCUT2D eigenvalue weighted by molar-refractivity contribution is 0.429. The van der Waals surface area contributed by atoms with E-state index in [-0.39, 0.29) is 12.3 Å². The van der Waals surface area contributed by atoms with Gasteiger partial charge in [-0.05, 0) is 31.5 Å². The van der Waals surface area contributed by atoms with E-state index in [1.165, 1.54) is 6.07 Å². The Hall–Kier alpha value is -1.94. The molecule has 0 saturated heterocycles. The molecule has 100 valence electrons. The van der Waals surface area contributed by atoms with Crippen LogP contribution in [0.25, 0.3) is 0 Å². The van der Waals surface area contributed by atoms with Gasteiger partial charge in [-0.1, -0.05) is 19.1 Å². The molecule has 0 aliphatic carbocycles. The number of halogens is 1. The van der Waals surface area contributed by atoms with Crippen molar-refractivity contribution in [3.05, 3.63) is 53.1 Å². The van der Waals surface area contributed by atoms with Gasteiger partial charge in [0, 0.05) is 17.8 Å². The van der Waals surface area contributed by atoms with Crippen molar-refractivity contribution < 1.29 is 9.13 Å². The molecule has 0 amide bonds. The third kappa shape index (κ3) is 2.90. The summed E-state index contributed by atoms with van der Waals surface area (Å²) < 4.78 is 19.5. The highest BCUT2D eigenvalue weighted by molar-refractivity contribution is 5.40. The molecule has 4 heteroatoms. The molecule has 0 fully saturated rings. The molecule has 1 aromatic heterocycles. The second kappa shape index (κ2) is 5.80. The fourth-order valence-corrected chi connectivity index (χ4v) is 1.88. The average Bonchev–Trinajstić information content (AvgIpc) is 2.42. The quantitative estimate of drug-likeness (QED) is 0.917. The minimum Gasteiger partial charge on any atom is -0.452 e. The van der Waals surface area contributed by atoms with Crippen LogP contribution in [0.5, 0.6) is 11.5 Å². The van der Waals surface area contributed by atoms with E-state index in [0.29, 0.717) is 11.3 Å². The van der Waals surface area contributed by atoms with Gasteiger partial charge in [-0.25, -0.2) is 4.39 Å². The third-order valence-corrected chi connectivity index (χ3v) is 2.89. The number of pyridine rings is 1. The third-order valence-electron chi connectivity index (χ3n) is 2.89. The number of hydrogen-bond donors (Lipinski definition) is 1. The van der Waals surface area contributed by atoms with Gasteiger partial charge in [0.05, 0.1) is 5.69 Å². The van der Waals surface area contributed by atoms with E-state index in [0.717, 1.165) is 17.8 Å². The van der Waals surface area contributed by atoms with E-state index in [1.54, 1.807) is 12.1 Å². The summed E-state index contributed by atoms with van der Waals surface area (Å²) in [7, 11) is 0. The SMILES string of the molecule is CCc1nc(C)ccc1Oc1c(F)cccc1CN. The van der Waals surface area contributed by atoms with Gasteiger partial charge in [0.1, 0.15) is 5.75 Å². The first kappa shape index (κ1) is 13.5. The zero-order valence-corrected chi connectivity index (χ0v) is 11.1. The van der Waals surface area contributed by atoms with E-state index in [2.05, 4.69) is 4.98 Å². The van der Waals surface area contributed by atoms with Gasteiger partial charge in [0.15, 0.2) is 11.6 Å². The van der Waals surface area contributed by atoms with Crippen LogP contribution in [0.3, 0.4) is 0 Å². The second-order valence-electron chi connectivity index (χ2n) is 4.29. The predicted molar refractivity (Wildman–Crippen MR) is 72.7 cm³/mol. The average molecular weight is 260 g/mol. The Morgan fingerprint density at radius 1 is 1.26 bits per heavy atom. The summed E-state index contributed by atoms with van der Waals surface area (Å²) in [5.74, 6) is 0.351. The fourth-order valence-electron chi connectivity index (χ4n) is 1.88. The van der Waals surface area contributed by atoms with Crippen molar-refractivity contribution in [2.45, 2.75) is 26.8 Å². The Morgan fingerprint density at radius 2 is 2.05 bits per heavy atom. The lowest BCUT2D eigenvalue weighted by atomic mass is 10.2. The Bertz CT molecular complexity index is 584. The summed E-state index contributed by atoms with van der Waals surface area (Å²) in [6, 6.07) is 8.40. The molecule has 1 aromatic carbocycles.